The van der Waals surface area contributed by atoms with Crippen LogP contribution in [0.25, 0.3) is 0 Å². The summed E-state index contributed by atoms with van der Waals surface area (Å²) < 4.78 is 82.3. The lowest BCUT2D eigenvalue weighted by molar-refractivity contribution is -0.274. The molecule has 1 amide bonds. The molecule has 0 unspecified atom stereocenters. The fourth-order valence-electron chi connectivity index (χ4n) is 1.93. The van der Waals surface area contributed by atoms with Gasteiger partial charge in [0.15, 0.2) is 6.61 Å². The molecule has 5 nitrogen and oxygen atoms in total. The van der Waals surface area contributed by atoms with E-state index in [4.69, 9.17) is 0 Å². The van der Waals surface area contributed by atoms with Gasteiger partial charge in [-0.25, -0.2) is 4.98 Å². The molecule has 152 valence electrons. The first-order valence-corrected chi connectivity index (χ1v) is 8.20. The van der Waals surface area contributed by atoms with Crippen LogP contribution < -0.4 is 14.8 Å². The lowest BCUT2D eigenvalue weighted by Crippen LogP contribution is -2.24. The summed E-state index contributed by atoms with van der Waals surface area (Å²) in [4.78, 5) is 15.6. The molecule has 2 aromatic rings. The zero-order valence-corrected chi connectivity index (χ0v) is 15.3. The van der Waals surface area contributed by atoms with E-state index in [1.807, 2.05) is 0 Å². The van der Waals surface area contributed by atoms with E-state index in [1.54, 1.807) is 0 Å². The predicted octanol–water partition coefficient (Wildman–Crippen LogP) is 4.61. The summed E-state index contributed by atoms with van der Waals surface area (Å²) in [7, 11) is 0. The Morgan fingerprint density at radius 2 is 1.82 bits per heavy atom. The molecule has 0 saturated heterocycles. The molecule has 1 aromatic carbocycles. The van der Waals surface area contributed by atoms with Gasteiger partial charge in [-0.15, -0.1) is 13.2 Å². The molecular weight excluding hydrogens is 462 g/mol. The van der Waals surface area contributed by atoms with Crippen LogP contribution in [0.4, 0.5) is 26.3 Å². The van der Waals surface area contributed by atoms with Crippen molar-refractivity contribution >= 4 is 21.8 Å². The van der Waals surface area contributed by atoms with E-state index >= 15 is 0 Å². The van der Waals surface area contributed by atoms with Crippen molar-refractivity contribution in [3.05, 3.63) is 52.1 Å². The lowest BCUT2D eigenvalue weighted by atomic mass is 10.2. The summed E-state index contributed by atoms with van der Waals surface area (Å²) >= 11 is 3.03. The molecule has 12 heteroatoms. The maximum Gasteiger partial charge on any atom is 0.573 e. The Bertz CT molecular complexity index is 825. The fourth-order valence-corrected chi connectivity index (χ4v) is 2.27. The van der Waals surface area contributed by atoms with Crippen LogP contribution in [0.2, 0.25) is 0 Å². The minimum Gasteiger partial charge on any atom is -0.468 e. The van der Waals surface area contributed by atoms with Crippen molar-refractivity contribution in [3.63, 3.8) is 0 Å². The number of alkyl halides is 6. The number of rotatable bonds is 6. The number of halogens is 7. The number of nitrogens with zero attached hydrogens (tertiary/aromatic N) is 1. The Kier molecular flexibility index (Phi) is 6.75. The molecule has 28 heavy (non-hydrogen) atoms. The van der Waals surface area contributed by atoms with E-state index in [9.17, 15) is 31.1 Å². The summed E-state index contributed by atoms with van der Waals surface area (Å²) in [6.45, 7) is -1.82. The molecule has 0 aliphatic rings. The zero-order valence-electron chi connectivity index (χ0n) is 13.7. The number of amides is 1. The quantitative estimate of drug-likeness (QED) is 0.623. The Labute approximate surface area is 162 Å². The van der Waals surface area contributed by atoms with Crippen LogP contribution in [0.15, 0.2) is 41.0 Å². The van der Waals surface area contributed by atoms with E-state index in [0.29, 0.717) is 4.47 Å². The van der Waals surface area contributed by atoms with Crippen LogP contribution in [0, 0.1) is 0 Å². The molecule has 1 heterocycles. The maximum atomic E-state index is 12.5. The Morgan fingerprint density at radius 3 is 2.39 bits per heavy atom. The van der Waals surface area contributed by atoms with Gasteiger partial charge in [0.2, 0.25) is 5.88 Å². The molecule has 0 saturated carbocycles. The summed E-state index contributed by atoms with van der Waals surface area (Å²) in [5, 5.41) is 2.37. The standard InChI is InChI=1S/C16H11BrF6N2O3/c17-11-3-1-9(12(5-11)28-16(21,22)23)6-25-14(26)10-2-4-13(24-7-10)27-8-15(18,19)20/h1-5,7H,6,8H2,(H,25,26). The van der Waals surface area contributed by atoms with Crippen LogP contribution >= 0.6 is 15.9 Å². The number of ether oxygens (including phenoxy) is 2. The van der Waals surface area contributed by atoms with E-state index in [2.05, 4.69) is 35.7 Å². The highest BCUT2D eigenvalue weighted by Crippen LogP contribution is 2.29. The van der Waals surface area contributed by atoms with Crippen LogP contribution in [0.3, 0.4) is 0 Å². The van der Waals surface area contributed by atoms with Gasteiger partial charge in [-0.1, -0.05) is 22.0 Å². The smallest absolute Gasteiger partial charge is 0.468 e. The van der Waals surface area contributed by atoms with Gasteiger partial charge in [-0.3, -0.25) is 4.79 Å². The second kappa shape index (κ2) is 8.67. The molecule has 0 spiro atoms. The van der Waals surface area contributed by atoms with Gasteiger partial charge < -0.3 is 14.8 Å². The number of nitrogens with one attached hydrogen (secondary N) is 1. The van der Waals surface area contributed by atoms with Crippen molar-refractivity contribution < 1.29 is 40.6 Å². The van der Waals surface area contributed by atoms with Gasteiger partial charge in [-0.05, 0) is 18.2 Å². The molecular formula is C16H11BrF6N2O3. The van der Waals surface area contributed by atoms with E-state index in [-0.39, 0.29) is 23.6 Å². The Morgan fingerprint density at radius 1 is 1.11 bits per heavy atom. The number of hydrogen-bond donors (Lipinski definition) is 1. The second-order valence-electron chi connectivity index (χ2n) is 5.27. The molecule has 0 aliphatic heterocycles. The number of hydrogen-bond acceptors (Lipinski definition) is 4. The van der Waals surface area contributed by atoms with Crippen LogP contribution in [-0.2, 0) is 6.54 Å². The highest BCUT2D eigenvalue weighted by atomic mass is 79.9. The van der Waals surface area contributed by atoms with Crippen LogP contribution in [0.1, 0.15) is 15.9 Å². The van der Waals surface area contributed by atoms with Gasteiger partial charge in [0.25, 0.3) is 5.91 Å². The third kappa shape index (κ3) is 7.25. The van der Waals surface area contributed by atoms with Crippen LogP contribution in [0.5, 0.6) is 11.6 Å². The molecule has 1 aromatic heterocycles. The summed E-state index contributed by atoms with van der Waals surface area (Å²) in [5.74, 6) is -1.52. The van der Waals surface area contributed by atoms with E-state index in [0.717, 1.165) is 18.3 Å². The second-order valence-corrected chi connectivity index (χ2v) is 6.19. The summed E-state index contributed by atoms with van der Waals surface area (Å²) in [6, 6.07) is 6.14. The number of carbonyl (C=O) groups excluding carboxylic acids is 1. The van der Waals surface area contributed by atoms with Crippen molar-refractivity contribution in [1.29, 1.82) is 0 Å². The average molecular weight is 473 g/mol. The predicted molar refractivity (Wildman–Crippen MR) is 87.8 cm³/mol. The monoisotopic (exact) mass is 472 g/mol. The maximum absolute atomic E-state index is 12.5. The largest absolute Gasteiger partial charge is 0.573 e. The van der Waals surface area contributed by atoms with Crippen molar-refractivity contribution in [2.75, 3.05) is 6.61 Å². The highest BCUT2D eigenvalue weighted by molar-refractivity contribution is 9.10. The molecule has 2 rings (SSSR count). The first-order chi connectivity index (χ1) is 12.9. The number of aromatic nitrogens is 1. The summed E-state index contributed by atoms with van der Waals surface area (Å²) in [6.07, 6.45) is -8.45. The van der Waals surface area contributed by atoms with Crippen molar-refractivity contribution in [2.24, 2.45) is 0 Å². The van der Waals surface area contributed by atoms with E-state index < -0.39 is 30.8 Å². The lowest BCUT2D eigenvalue weighted by Gasteiger charge is -2.14. The Balaban J connectivity index is 2.00. The van der Waals surface area contributed by atoms with Crippen molar-refractivity contribution in [3.8, 4) is 11.6 Å². The van der Waals surface area contributed by atoms with Crippen molar-refractivity contribution in [1.82, 2.24) is 10.3 Å². The summed E-state index contributed by atoms with van der Waals surface area (Å²) in [5.41, 5.74) is 0.0433. The average Bonchev–Trinajstić information content (AvgIpc) is 2.57. The highest BCUT2D eigenvalue weighted by Gasteiger charge is 2.32. The molecule has 0 fully saturated rings. The zero-order chi connectivity index (χ0) is 20.9. The third-order valence-corrected chi connectivity index (χ3v) is 3.57. The number of carbonyl (C=O) groups is 1. The first-order valence-electron chi connectivity index (χ1n) is 7.41. The minimum atomic E-state index is -4.91. The van der Waals surface area contributed by atoms with Gasteiger partial charge in [0, 0.05) is 28.8 Å². The molecule has 0 aliphatic carbocycles. The topological polar surface area (TPSA) is 60.5 Å². The van der Waals surface area contributed by atoms with Crippen molar-refractivity contribution in [2.45, 2.75) is 19.1 Å². The molecule has 1 N–H and O–H groups in total. The first kappa shape index (κ1) is 21.8. The number of pyridine rings is 1. The fraction of sp³-hybridized carbons (Fsp3) is 0.250. The molecule has 0 radical (unpaired) electrons. The SMILES string of the molecule is O=C(NCc1ccc(Br)cc1OC(F)(F)F)c1ccc(OCC(F)(F)F)nc1. The normalized spacial score (nSPS) is 11.8. The van der Waals surface area contributed by atoms with Gasteiger partial charge in [0.05, 0.1) is 5.56 Å². The minimum absolute atomic E-state index is 0.0187. The van der Waals surface area contributed by atoms with Gasteiger partial charge >= 0.3 is 12.5 Å². The van der Waals surface area contributed by atoms with Crippen LogP contribution in [-0.4, -0.2) is 30.0 Å². The molecule has 0 bridgehead atoms. The van der Waals surface area contributed by atoms with E-state index in [1.165, 1.54) is 18.2 Å². The number of benzene rings is 1. The Hall–Kier alpha value is -2.50. The van der Waals surface area contributed by atoms with Gasteiger partial charge in [0.1, 0.15) is 5.75 Å². The molecule has 0 atom stereocenters. The third-order valence-electron chi connectivity index (χ3n) is 3.08. The van der Waals surface area contributed by atoms with Gasteiger partial charge in [-0.2, -0.15) is 13.2 Å².